The fraction of sp³-hybridized carbons (Fsp3) is 0.688. The summed E-state index contributed by atoms with van der Waals surface area (Å²) in [5, 5.41) is -0.289. The molecule has 0 aliphatic carbocycles. The van der Waals surface area contributed by atoms with Gasteiger partial charge in [-0.3, -0.25) is 14.5 Å². The summed E-state index contributed by atoms with van der Waals surface area (Å²) in [5.41, 5.74) is 5.85. The molecule has 2 aliphatic heterocycles. The van der Waals surface area contributed by atoms with Gasteiger partial charge in [0.05, 0.1) is 12.0 Å². The molecule has 1 saturated heterocycles. The fourth-order valence-corrected chi connectivity index (χ4v) is 3.69. The lowest BCUT2D eigenvalue weighted by atomic mass is 9.97. The molecule has 3 atom stereocenters. The third-order valence-electron chi connectivity index (χ3n) is 3.76. The molecule has 8 nitrogen and oxygen atoms in total. The van der Waals surface area contributed by atoms with Crippen LogP contribution < -0.4 is 5.73 Å². The molecule has 1 amide bonds. The third kappa shape index (κ3) is 3.99. The van der Waals surface area contributed by atoms with E-state index in [1.54, 1.807) is 20.8 Å². The SMILES string of the molecule is COCC1=C(C(=O)O[C@H](C)OC(=O)C(C)(C)C)N2C(=O)[C@@H](N)[C@H]2SC1. The van der Waals surface area contributed by atoms with Gasteiger partial charge in [0.2, 0.25) is 12.2 Å². The van der Waals surface area contributed by atoms with Gasteiger partial charge in [0.15, 0.2) is 0 Å². The standard InChI is InChI=1S/C16H24N2O6S/c1-8(24-15(21)16(2,3)4)23-14(20)11-9(6-22-5)7-25-13-10(17)12(19)18(11)13/h8,10,13H,6-7,17H2,1-5H3/t8-,10+,13+/m0/s1. The monoisotopic (exact) mass is 372 g/mol. The van der Waals surface area contributed by atoms with Crippen molar-refractivity contribution < 1.29 is 28.6 Å². The Balaban J connectivity index is 2.14. The molecule has 1 fully saturated rings. The molecule has 0 bridgehead atoms. The quantitative estimate of drug-likeness (QED) is 0.425. The average molecular weight is 372 g/mol. The molecule has 0 aromatic rings. The van der Waals surface area contributed by atoms with Gasteiger partial charge in [-0.2, -0.15) is 0 Å². The van der Waals surface area contributed by atoms with Crippen LogP contribution in [0, 0.1) is 5.41 Å². The summed E-state index contributed by atoms with van der Waals surface area (Å²) in [6.07, 6.45) is -1.08. The molecule has 25 heavy (non-hydrogen) atoms. The van der Waals surface area contributed by atoms with Gasteiger partial charge in [0.1, 0.15) is 17.1 Å². The van der Waals surface area contributed by atoms with Crippen LogP contribution in [0.1, 0.15) is 27.7 Å². The summed E-state index contributed by atoms with van der Waals surface area (Å²) < 4.78 is 15.5. The number of methoxy groups -OCH3 is 1. The van der Waals surface area contributed by atoms with E-state index in [4.69, 9.17) is 19.9 Å². The van der Waals surface area contributed by atoms with Crippen LogP contribution in [0.15, 0.2) is 11.3 Å². The summed E-state index contributed by atoms with van der Waals surface area (Å²) in [4.78, 5) is 37.9. The summed E-state index contributed by atoms with van der Waals surface area (Å²) in [7, 11) is 1.50. The van der Waals surface area contributed by atoms with Crippen molar-refractivity contribution in [1.29, 1.82) is 0 Å². The lowest BCUT2D eigenvalue weighted by Gasteiger charge is -2.48. The van der Waals surface area contributed by atoms with Gasteiger partial charge in [-0.1, -0.05) is 0 Å². The predicted molar refractivity (Wildman–Crippen MR) is 91.1 cm³/mol. The van der Waals surface area contributed by atoms with Crippen molar-refractivity contribution in [2.45, 2.75) is 45.4 Å². The van der Waals surface area contributed by atoms with E-state index in [0.717, 1.165) is 0 Å². The van der Waals surface area contributed by atoms with E-state index in [-0.39, 0.29) is 23.6 Å². The van der Waals surface area contributed by atoms with E-state index in [9.17, 15) is 14.4 Å². The summed E-state index contributed by atoms with van der Waals surface area (Å²) >= 11 is 1.48. The lowest BCUT2D eigenvalue weighted by molar-refractivity contribution is -0.190. The summed E-state index contributed by atoms with van der Waals surface area (Å²) in [6.45, 7) is 6.75. The van der Waals surface area contributed by atoms with Gasteiger partial charge in [-0.05, 0) is 26.3 Å². The minimum atomic E-state index is -1.08. The molecule has 2 rings (SSSR count). The number of nitrogens with zero attached hydrogens (tertiary/aromatic N) is 1. The van der Waals surface area contributed by atoms with Crippen molar-refractivity contribution in [3.63, 3.8) is 0 Å². The first-order valence-electron chi connectivity index (χ1n) is 7.91. The summed E-state index contributed by atoms with van der Waals surface area (Å²) in [6, 6.07) is -0.631. The number of hydrogen-bond acceptors (Lipinski definition) is 8. The number of amides is 1. The normalized spacial score (nSPS) is 24.4. The molecule has 2 aliphatic rings. The van der Waals surface area contributed by atoms with E-state index < -0.39 is 29.7 Å². The highest BCUT2D eigenvalue weighted by Gasteiger charge is 2.52. The zero-order valence-corrected chi connectivity index (χ0v) is 15.8. The maximum atomic E-state index is 12.6. The fourth-order valence-electron chi connectivity index (χ4n) is 2.41. The predicted octanol–water partition coefficient (Wildman–Crippen LogP) is 0.608. The Hall–Kier alpha value is -1.58. The molecular formula is C16H24N2O6S. The van der Waals surface area contributed by atoms with Crippen LogP contribution in [-0.4, -0.2) is 59.9 Å². The first-order valence-corrected chi connectivity index (χ1v) is 8.96. The van der Waals surface area contributed by atoms with Crippen molar-refractivity contribution >= 4 is 29.6 Å². The Bertz CT molecular complexity index is 612. The zero-order valence-electron chi connectivity index (χ0n) is 15.0. The van der Waals surface area contributed by atoms with Crippen LogP contribution >= 0.6 is 11.8 Å². The number of rotatable bonds is 5. The van der Waals surface area contributed by atoms with Crippen LogP contribution in [0.3, 0.4) is 0 Å². The Morgan fingerprint density at radius 2 is 2.00 bits per heavy atom. The van der Waals surface area contributed by atoms with Crippen LogP contribution in [0.4, 0.5) is 0 Å². The minimum absolute atomic E-state index is 0.135. The van der Waals surface area contributed by atoms with Crippen LogP contribution in [0.25, 0.3) is 0 Å². The smallest absolute Gasteiger partial charge is 0.358 e. The molecule has 2 heterocycles. The summed E-state index contributed by atoms with van der Waals surface area (Å²) in [5.74, 6) is -1.04. The molecule has 140 valence electrons. The average Bonchev–Trinajstić information content (AvgIpc) is 2.52. The maximum absolute atomic E-state index is 12.6. The minimum Gasteiger partial charge on any atom is -0.425 e. The number of nitrogens with two attached hydrogens (primary N) is 1. The maximum Gasteiger partial charge on any atom is 0.358 e. The molecule has 9 heteroatoms. The number of carbonyl (C=O) groups excluding carboxylic acids is 3. The van der Waals surface area contributed by atoms with Crippen molar-refractivity contribution in [2.75, 3.05) is 19.5 Å². The number of ether oxygens (including phenoxy) is 3. The van der Waals surface area contributed by atoms with Gasteiger partial charge in [-0.15, -0.1) is 11.8 Å². The van der Waals surface area contributed by atoms with Crippen LogP contribution in [0.5, 0.6) is 0 Å². The molecule has 2 N–H and O–H groups in total. The highest BCUT2D eigenvalue weighted by Crippen LogP contribution is 2.39. The Labute approximate surface area is 151 Å². The first-order chi connectivity index (χ1) is 11.6. The molecule has 0 unspecified atom stereocenters. The van der Waals surface area contributed by atoms with Crippen molar-refractivity contribution in [3.05, 3.63) is 11.3 Å². The molecule has 0 aromatic carbocycles. The largest absolute Gasteiger partial charge is 0.425 e. The van der Waals surface area contributed by atoms with Crippen molar-refractivity contribution in [2.24, 2.45) is 11.1 Å². The second kappa shape index (κ2) is 7.35. The van der Waals surface area contributed by atoms with Gasteiger partial charge in [0.25, 0.3) is 0 Å². The van der Waals surface area contributed by atoms with E-state index in [1.165, 1.54) is 30.7 Å². The molecule has 0 saturated carbocycles. The molecular weight excluding hydrogens is 348 g/mol. The third-order valence-corrected chi connectivity index (χ3v) is 5.12. The first kappa shape index (κ1) is 19.7. The number of fused-ring (bicyclic) bond motifs is 1. The van der Waals surface area contributed by atoms with Crippen LogP contribution in [-0.2, 0) is 28.6 Å². The van der Waals surface area contributed by atoms with E-state index in [0.29, 0.717) is 11.3 Å². The highest BCUT2D eigenvalue weighted by atomic mass is 32.2. The second-order valence-electron chi connectivity index (χ2n) is 6.95. The van der Waals surface area contributed by atoms with Gasteiger partial charge >= 0.3 is 11.9 Å². The van der Waals surface area contributed by atoms with Gasteiger partial charge in [0, 0.05) is 19.8 Å². The highest BCUT2D eigenvalue weighted by molar-refractivity contribution is 8.00. The lowest BCUT2D eigenvalue weighted by Crippen LogP contribution is -2.68. The van der Waals surface area contributed by atoms with Crippen molar-refractivity contribution in [3.8, 4) is 0 Å². The number of esters is 2. The second-order valence-corrected chi connectivity index (χ2v) is 8.05. The molecule has 0 spiro atoms. The number of hydrogen-bond donors (Lipinski definition) is 1. The topological polar surface area (TPSA) is 108 Å². The van der Waals surface area contributed by atoms with E-state index >= 15 is 0 Å². The van der Waals surface area contributed by atoms with E-state index in [2.05, 4.69) is 0 Å². The zero-order chi connectivity index (χ0) is 18.9. The number of thioether (sulfide) groups is 1. The van der Waals surface area contributed by atoms with Crippen LogP contribution in [0.2, 0.25) is 0 Å². The number of β-lactam (4-membered cyclic amide) rings is 1. The Morgan fingerprint density at radius 3 is 2.56 bits per heavy atom. The molecule has 0 radical (unpaired) electrons. The Kier molecular flexibility index (Phi) is 5.80. The van der Waals surface area contributed by atoms with Gasteiger partial charge in [-0.25, -0.2) is 4.79 Å². The Morgan fingerprint density at radius 1 is 1.36 bits per heavy atom. The number of carbonyl (C=O) groups is 3. The van der Waals surface area contributed by atoms with Gasteiger partial charge < -0.3 is 19.9 Å². The molecule has 0 aromatic heterocycles. The van der Waals surface area contributed by atoms with E-state index in [1.807, 2.05) is 0 Å². The van der Waals surface area contributed by atoms with Crippen molar-refractivity contribution in [1.82, 2.24) is 4.90 Å².